The van der Waals surface area contributed by atoms with Crippen LogP contribution in [0.5, 0.6) is 5.75 Å². The van der Waals surface area contributed by atoms with E-state index in [2.05, 4.69) is 5.32 Å². The fraction of sp³-hybridized carbons (Fsp3) is 0.316. The summed E-state index contributed by atoms with van der Waals surface area (Å²) in [5, 5.41) is 2.26. The molecular formula is C19H23NO3S. The van der Waals surface area contributed by atoms with Gasteiger partial charge >= 0.3 is 0 Å². The van der Waals surface area contributed by atoms with E-state index in [1.54, 1.807) is 14.0 Å². The zero-order valence-electron chi connectivity index (χ0n) is 14.2. The van der Waals surface area contributed by atoms with Crippen LogP contribution >= 0.6 is 0 Å². The minimum absolute atomic E-state index is 0.205. The molecule has 0 aliphatic carbocycles. The largest absolute Gasteiger partial charge is 0.496 e. The Bertz CT molecular complexity index is 716. The summed E-state index contributed by atoms with van der Waals surface area (Å²) in [6.45, 7) is 4.11. The van der Waals surface area contributed by atoms with Gasteiger partial charge in [-0.05, 0) is 25.5 Å². The average molecular weight is 345 g/mol. The minimum Gasteiger partial charge on any atom is -0.496 e. The van der Waals surface area contributed by atoms with Crippen molar-refractivity contribution in [2.24, 2.45) is 0 Å². The van der Waals surface area contributed by atoms with Crippen LogP contribution in [0.15, 0.2) is 48.5 Å². The number of rotatable bonds is 7. The van der Waals surface area contributed by atoms with Gasteiger partial charge in [0.05, 0.1) is 12.9 Å². The Morgan fingerprint density at radius 1 is 1.21 bits per heavy atom. The molecule has 0 bridgehead atoms. The van der Waals surface area contributed by atoms with E-state index in [9.17, 15) is 9.00 Å². The Morgan fingerprint density at radius 2 is 1.92 bits per heavy atom. The molecule has 0 heterocycles. The number of amides is 1. The summed E-state index contributed by atoms with van der Waals surface area (Å²) in [6, 6.07) is 15.4. The molecule has 0 unspecified atom stereocenters. The second-order valence-electron chi connectivity index (χ2n) is 5.69. The molecular weight excluding hydrogens is 322 g/mol. The maximum Gasteiger partial charge on any atom is 0.235 e. The molecule has 0 fully saturated rings. The Hall–Kier alpha value is -2.14. The molecule has 0 aromatic heterocycles. The van der Waals surface area contributed by atoms with Crippen molar-refractivity contribution in [1.29, 1.82) is 0 Å². The number of aryl methyl sites for hydroxylation is 1. The van der Waals surface area contributed by atoms with Crippen LogP contribution in [0.2, 0.25) is 0 Å². The zero-order chi connectivity index (χ0) is 17.5. The van der Waals surface area contributed by atoms with Crippen LogP contribution in [-0.4, -0.2) is 22.5 Å². The molecule has 5 heteroatoms. The van der Waals surface area contributed by atoms with Crippen molar-refractivity contribution in [3.63, 3.8) is 0 Å². The third kappa shape index (κ3) is 4.93. The maximum absolute atomic E-state index is 12.5. The van der Waals surface area contributed by atoms with Gasteiger partial charge in [-0.15, -0.1) is 0 Å². The van der Waals surface area contributed by atoms with Crippen molar-refractivity contribution < 1.29 is 13.7 Å². The molecule has 2 aromatic rings. The Morgan fingerprint density at radius 3 is 2.58 bits per heavy atom. The lowest BCUT2D eigenvalue weighted by Gasteiger charge is -2.14. The number of hydrogen-bond acceptors (Lipinski definition) is 3. The first kappa shape index (κ1) is 18.2. The molecule has 1 N–H and O–H groups in total. The van der Waals surface area contributed by atoms with E-state index in [0.717, 1.165) is 16.7 Å². The Labute approximate surface area is 145 Å². The molecule has 0 aliphatic heterocycles. The first-order valence-corrected chi connectivity index (χ1v) is 9.22. The van der Waals surface area contributed by atoms with Crippen molar-refractivity contribution in [3.8, 4) is 5.75 Å². The molecule has 0 saturated heterocycles. The molecule has 0 spiro atoms. The smallest absolute Gasteiger partial charge is 0.235 e. The monoisotopic (exact) mass is 345 g/mol. The molecule has 128 valence electrons. The zero-order valence-corrected chi connectivity index (χ0v) is 15.1. The fourth-order valence-corrected chi connectivity index (χ4v) is 3.45. The van der Waals surface area contributed by atoms with Crippen molar-refractivity contribution in [1.82, 2.24) is 5.32 Å². The number of hydrogen-bond donors (Lipinski definition) is 1. The van der Waals surface area contributed by atoms with Gasteiger partial charge in [0.25, 0.3) is 0 Å². The van der Waals surface area contributed by atoms with E-state index in [1.165, 1.54) is 0 Å². The van der Waals surface area contributed by atoms with E-state index in [4.69, 9.17) is 4.74 Å². The van der Waals surface area contributed by atoms with Crippen molar-refractivity contribution in [3.05, 3.63) is 65.2 Å². The van der Waals surface area contributed by atoms with Gasteiger partial charge in [-0.25, -0.2) is 0 Å². The number of methoxy groups -OCH3 is 1. The lowest BCUT2D eigenvalue weighted by Crippen LogP contribution is -2.35. The van der Waals surface area contributed by atoms with Crippen LogP contribution < -0.4 is 10.1 Å². The van der Waals surface area contributed by atoms with Gasteiger partial charge in [-0.3, -0.25) is 9.00 Å². The highest BCUT2D eigenvalue weighted by molar-refractivity contribution is 7.85. The summed E-state index contributed by atoms with van der Waals surface area (Å²) in [7, 11) is 0.274. The van der Waals surface area contributed by atoms with Crippen LogP contribution in [0, 0.1) is 6.92 Å². The molecule has 2 atom stereocenters. The molecule has 0 aliphatic rings. The normalized spacial score (nSPS) is 13.1. The topological polar surface area (TPSA) is 55.4 Å². The number of benzene rings is 2. The van der Waals surface area contributed by atoms with Gasteiger partial charge in [-0.2, -0.15) is 0 Å². The summed E-state index contributed by atoms with van der Waals surface area (Å²) >= 11 is 0. The lowest BCUT2D eigenvalue weighted by molar-refractivity contribution is -0.120. The molecule has 4 nitrogen and oxygen atoms in total. The van der Waals surface area contributed by atoms with Crippen LogP contribution in [0.1, 0.15) is 23.6 Å². The minimum atomic E-state index is -1.32. The van der Waals surface area contributed by atoms with Gasteiger partial charge < -0.3 is 10.1 Å². The predicted octanol–water partition coefficient (Wildman–Crippen LogP) is 2.96. The highest BCUT2D eigenvalue weighted by atomic mass is 32.2. The van der Waals surface area contributed by atoms with Crippen molar-refractivity contribution in [2.75, 3.05) is 7.11 Å². The van der Waals surface area contributed by atoms with Gasteiger partial charge in [0.2, 0.25) is 5.91 Å². The van der Waals surface area contributed by atoms with Crippen LogP contribution in [-0.2, 0) is 27.9 Å². The van der Waals surface area contributed by atoms with Crippen LogP contribution in [0.3, 0.4) is 0 Å². The van der Waals surface area contributed by atoms with Crippen molar-refractivity contribution >= 4 is 16.7 Å². The molecule has 2 aromatic carbocycles. The SMILES string of the molecule is COc1ccc(C)cc1C[S@@](=O)[C@@H](C)C(=O)NCc1ccccc1. The highest BCUT2D eigenvalue weighted by Crippen LogP contribution is 2.22. The lowest BCUT2D eigenvalue weighted by atomic mass is 10.1. The molecule has 0 saturated carbocycles. The number of carbonyl (C=O) groups is 1. The second kappa shape index (κ2) is 8.64. The Kier molecular flexibility index (Phi) is 6.55. The van der Waals surface area contributed by atoms with E-state index in [-0.39, 0.29) is 5.91 Å². The summed E-state index contributed by atoms with van der Waals surface area (Å²) < 4.78 is 17.9. The molecule has 1 amide bonds. The molecule has 2 rings (SSSR count). The van der Waals surface area contributed by atoms with Crippen LogP contribution in [0.25, 0.3) is 0 Å². The van der Waals surface area contributed by atoms with Gasteiger partial charge in [0, 0.05) is 22.9 Å². The number of nitrogens with one attached hydrogen (secondary N) is 1. The molecule has 0 radical (unpaired) electrons. The van der Waals surface area contributed by atoms with E-state index in [0.29, 0.717) is 18.0 Å². The predicted molar refractivity (Wildman–Crippen MR) is 97.3 cm³/mol. The fourth-order valence-electron chi connectivity index (χ4n) is 2.35. The van der Waals surface area contributed by atoms with Gasteiger partial charge in [0.1, 0.15) is 11.0 Å². The maximum atomic E-state index is 12.5. The first-order chi connectivity index (χ1) is 11.5. The van der Waals surface area contributed by atoms with Gasteiger partial charge in [-0.1, -0.05) is 48.0 Å². The highest BCUT2D eigenvalue weighted by Gasteiger charge is 2.21. The summed E-state index contributed by atoms with van der Waals surface area (Å²) in [5.41, 5.74) is 2.95. The molecule has 24 heavy (non-hydrogen) atoms. The van der Waals surface area contributed by atoms with E-state index >= 15 is 0 Å². The third-order valence-corrected chi connectivity index (χ3v) is 5.41. The number of ether oxygens (including phenoxy) is 1. The quantitative estimate of drug-likeness (QED) is 0.839. The van der Waals surface area contributed by atoms with Gasteiger partial charge in [0.15, 0.2) is 0 Å². The first-order valence-electron chi connectivity index (χ1n) is 7.83. The summed E-state index contributed by atoms with van der Waals surface area (Å²) in [4.78, 5) is 12.2. The Balaban J connectivity index is 1.96. The third-order valence-electron chi connectivity index (χ3n) is 3.81. The van der Waals surface area contributed by atoms with E-state index in [1.807, 2.05) is 55.5 Å². The van der Waals surface area contributed by atoms with Crippen molar-refractivity contribution in [2.45, 2.75) is 31.4 Å². The second-order valence-corrected chi connectivity index (χ2v) is 7.44. The number of carbonyl (C=O) groups excluding carboxylic acids is 1. The standard InChI is InChI=1S/C19H23NO3S/c1-14-9-10-18(23-3)17(11-14)13-24(22)15(2)19(21)20-12-16-7-5-4-6-8-16/h4-11,15H,12-13H2,1-3H3,(H,20,21)/t15-,24+/m0/s1. The summed E-state index contributed by atoms with van der Waals surface area (Å²) in [5.74, 6) is 0.791. The van der Waals surface area contributed by atoms with Crippen LogP contribution in [0.4, 0.5) is 0 Å². The average Bonchev–Trinajstić information content (AvgIpc) is 2.60. The summed E-state index contributed by atoms with van der Waals surface area (Å²) in [6.07, 6.45) is 0. The van der Waals surface area contributed by atoms with E-state index < -0.39 is 16.0 Å².